The lowest BCUT2D eigenvalue weighted by molar-refractivity contribution is -0.359. The molecule has 2 saturated heterocycles. The summed E-state index contributed by atoms with van der Waals surface area (Å²) in [6.45, 7) is 2.72. The largest absolute Gasteiger partial charge is 0.394 e. The molecular formula is C87H155NO13. The van der Waals surface area contributed by atoms with Crippen molar-refractivity contribution in [1.82, 2.24) is 5.32 Å². The fourth-order valence-corrected chi connectivity index (χ4v) is 13.4. The van der Waals surface area contributed by atoms with Crippen LogP contribution in [0.3, 0.4) is 0 Å². The minimum Gasteiger partial charge on any atom is -0.394 e. The van der Waals surface area contributed by atoms with Gasteiger partial charge in [0.2, 0.25) is 5.91 Å². The molecule has 0 aromatic carbocycles. The summed E-state index contributed by atoms with van der Waals surface area (Å²) in [5, 5.41) is 87.7. The first-order valence-electron chi connectivity index (χ1n) is 42.0. The number of rotatable bonds is 70. The lowest BCUT2D eigenvalue weighted by Crippen LogP contribution is -2.65. The zero-order chi connectivity index (χ0) is 73.0. The molecule has 14 heteroatoms. The third-order valence-electron chi connectivity index (χ3n) is 20.0. The van der Waals surface area contributed by atoms with Crippen LogP contribution in [0.25, 0.3) is 0 Å². The SMILES string of the molecule is CC/C=C\C/C=C\C/C=C\C/C=C\C/C=C\C/C=C\CCCCCCCCCCCCCCCCCCCCC(=O)NC(COC1OC(CO)C(OC2OC(CO)C(O)C(O)C2O)C(O)C1O)C(O)/C=C/CC/C=C/CCCCCCCCCCCCCCCCCCCCCCCCCC. The standard InChI is InChI=1S/C87H155NO13/c1-3-5-7-9-11-13-15-17-19-21-23-25-27-29-31-33-35-36-37-38-39-40-41-43-45-47-49-51-53-55-57-59-61-63-65-67-69-71-79(92)88-75(74-98-86-84(97)82(95)85(78(73-90)100-86)101-87-83(96)81(94)80(93)77(72-89)99-87)76(91)70-68-66-64-62-60-58-56-54-52-50-48-46-44-42-34-32-30-28-26-24-22-20-18-16-14-12-10-8-6-4-2/h5,7,11,13,17,19,23,25,29,31,35-36,60,62,68,70,75-78,80-87,89-91,93-97H,3-4,6,8-10,12,14-16,18,20-22,24,26-28,30,32-34,37-59,61,63-67,69,71-74H2,1-2H3,(H,88,92)/b7-5-,13-11-,19-17-,25-23-,31-29-,36-35-,62-60+,70-68+. The zero-order valence-electron chi connectivity index (χ0n) is 64.4. The van der Waals surface area contributed by atoms with E-state index in [4.69, 9.17) is 18.9 Å². The van der Waals surface area contributed by atoms with Gasteiger partial charge in [-0.05, 0) is 83.5 Å². The Kier molecular flexibility index (Phi) is 65.1. The van der Waals surface area contributed by atoms with Gasteiger partial charge in [-0.25, -0.2) is 0 Å². The number of aliphatic hydroxyl groups is 8. The van der Waals surface area contributed by atoms with Crippen LogP contribution in [0.2, 0.25) is 0 Å². The number of carbonyl (C=O) groups excluding carboxylic acids is 1. The van der Waals surface area contributed by atoms with Crippen molar-refractivity contribution in [1.29, 1.82) is 0 Å². The first kappa shape index (κ1) is 94.0. The van der Waals surface area contributed by atoms with E-state index >= 15 is 0 Å². The quantitative estimate of drug-likeness (QED) is 0.0204. The van der Waals surface area contributed by atoms with Gasteiger partial charge in [-0.2, -0.15) is 0 Å². The number of aliphatic hydroxyl groups excluding tert-OH is 8. The van der Waals surface area contributed by atoms with E-state index in [1.807, 2.05) is 6.08 Å². The monoisotopic (exact) mass is 1420 g/mol. The lowest BCUT2D eigenvalue weighted by atomic mass is 9.97. The summed E-state index contributed by atoms with van der Waals surface area (Å²) in [4.78, 5) is 13.4. The molecule has 1 amide bonds. The molecule has 12 atom stereocenters. The zero-order valence-corrected chi connectivity index (χ0v) is 64.4. The number of hydrogen-bond donors (Lipinski definition) is 9. The molecular weight excluding hydrogens is 1270 g/mol. The smallest absolute Gasteiger partial charge is 0.220 e. The molecule has 14 nitrogen and oxygen atoms in total. The average Bonchev–Trinajstić information content (AvgIpc) is 0.792. The average molecular weight is 1420 g/mol. The summed E-state index contributed by atoms with van der Waals surface area (Å²) in [6.07, 6.45) is 83.6. The molecule has 0 spiro atoms. The third kappa shape index (κ3) is 52.5. The van der Waals surface area contributed by atoms with Gasteiger partial charge < -0.3 is 65.1 Å². The van der Waals surface area contributed by atoms with Gasteiger partial charge in [0, 0.05) is 6.42 Å². The molecule has 0 bridgehead atoms. The number of carbonyl (C=O) groups is 1. The molecule has 2 heterocycles. The highest BCUT2D eigenvalue weighted by Gasteiger charge is 2.51. The Morgan fingerprint density at radius 3 is 1.09 bits per heavy atom. The Balaban J connectivity index is 1.61. The second kappa shape index (κ2) is 69.9. The maximum Gasteiger partial charge on any atom is 0.220 e. The fourth-order valence-electron chi connectivity index (χ4n) is 13.4. The highest BCUT2D eigenvalue weighted by atomic mass is 16.7. The Hall–Kier alpha value is -3.09. The molecule has 2 fully saturated rings. The second-order valence-electron chi connectivity index (χ2n) is 29.2. The Bertz CT molecular complexity index is 2070. The first-order chi connectivity index (χ1) is 49.6. The van der Waals surface area contributed by atoms with Crippen LogP contribution in [-0.2, 0) is 23.7 Å². The van der Waals surface area contributed by atoms with Crippen molar-refractivity contribution in [2.75, 3.05) is 19.8 Å². The first-order valence-corrected chi connectivity index (χ1v) is 42.0. The topological polar surface area (TPSA) is 228 Å². The van der Waals surface area contributed by atoms with Crippen molar-refractivity contribution in [3.05, 3.63) is 97.2 Å². The van der Waals surface area contributed by atoms with Crippen molar-refractivity contribution >= 4 is 5.91 Å². The minimum atomic E-state index is -1.80. The summed E-state index contributed by atoms with van der Waals surface area (Å²) in [7, 11) is 0. The minimum absolute atomic E-state index is 0.246. The summed E-state index contributed by atoms with van der Waals surface area (Å²) < 4.78 is 22.9. The molecule has 586 valence electrons. The molecule has 0 radical (unpaired) electrons. The summed E-state index contributed by atoms with van der Waals surface area (Å²) in [5.41, 5.74) is 0. The maximum absolute atomic E-state index is 13.4. The van der Waals surface area contributed by atoms with Crippen LogP contribution in [0.5, 0.6) is 0 Å². The predicted molar refractivity (Wildman–Crippen MR) is 419 cm³/mol. The number of ether oxygens (including phenoxy) is 4. The molecule has 2 aliphatic heterocycles. The molecule has 12 unspecified atom stereocenters. The van der Waals surface area contributed by atoms with E-state index < -0.39 is 86.8 Å². The van der Waals surface area contributed by atoms with Crippen molar-refractivity contribution in [2.24, 2.45) is 0 Å². The van der Waals surface area contributed by atoms with Gasteiger partial charge in [0.1, 0.15) is 48.8 Å². The van der Waals surface area contributed by atoms with Crippen molar-refractivity contribution in [3.63, 3.8) is 0 Å². The van der Waals surface area contributed by atoms with Gasteiger partial charge in [0.05, 0.1) is 32.0 Å². The summed E-state index contributed by atoms with van der Waals surface area (Å²) in [6, 6.07) is -0.937. The number of nitrogens with one attached hydrogen (secondary N) is 1. The molecule has 0 saturated carbocycles. The van der Waals surface area contributed by atoms with Crippen molar-refractivity contribution in [3.8, 4) is 0 Å². The van der Waals surface area contributed by atoms with Crippen LogP contribution in [-0.4, -0.2) is 140 Å². The molecule has 0 aromatic rings. The molecule has 101 heavy (non-hydrogen) atoms. The van der Waals surface area contributed by atoms with E-state index in [1.165, 1.54) is 250 Å². The second-order valence-corrected chi connectivity index (χ2v) is 29.2. The van der Waals surface area contributed by atoms with Crippen LogP contribution < -0.4 is 5.32 Å². The highest BCUT2D eigenvalue weighted by Crippen LogP contribution is 2.30. The molecule has 2 aliphatic rings. The highest BCUT2D eigenvalue weighted by molar-refractivity contribution is 5.76. The van der Waals surface area contributed by atoms with Crippen LogP contribution >= 0.6 is 0 Å². The van der Waals surface area contributed by atoms with Gasteiger partial charge in [-0.1, -0.05) is 361 Å². The Morgan fingerprint density at radius 1 is 0.366 bits per heavy atom. The van der Waals surface area contributed by atoms with E-state index in [0.29, 0.717) is 12.8 Å². The predicted octanol–water partition coefficient (Wildman–Crippen LogP) is 19.6. The maximum atomic E-state index is 13.4. The molecule has 2 rings (SSSR count). The van der Waals surface area contributed by atoms with Gasteiger partial charge in [-0.3, -0.25) is 4.79 Å². The number of allylic oxidation sites excluding steroid dienone is 15. The van der Waals surface area contributed by atoms with Gasteiger partial charge in [0.25, 0.3) is 0 Å². The van der Waals surface area contributed by atoms with E-state index in [1.54, 1.807) is 6.08 Å². The fraction of sp³-hybridized carbons (Fsp3) is 0.805. The van der Waals surface area contributed by atoms with Crippen molar-refractivity contribution in [2.45, 2.75) is 428 Å². The van der Waals surface area contributed by atoms with Gasteiger partial charge in [-0.15, -0.1) is 0 Å². The van der Waals surface area contributed by atoms with Crippen LogP contribution in [0.15, 0.2) is 97.2 Å². The van der Waals surface area contributed by atoms with Crippen molar-refractivity contribution < 1.29 is 64.6 Å². The van der Waals surface area contributed by atoms with E-state index in [0.717, 1.165) is 70.6 Å². The number of unbranched alkanes of at least 4 members (excludes halogenated alkanes) is 43. The third-order valence-corrected chi connectivity index (χ3v) is 20.0. The van der Waals surface area contributed by atoms with Gasteiger partial charge >= 0.3 is 0 Å². The normalized spacial score (nSPS) is 22.2. The summed E-state index contributed by atoms with van der Waals surface area (Å²) >= 11 is 0. The van der Waals surface area contributed by atoms with E-state index in [2.05, 4.69) is 104 Å². The van der Waals surface area contributed by atoms with E-state index in [9.17, 15) is 45.6 Å². The molecule has 9 N–H and O–H groups in total. The van der Waals surface area contributed by atoms with E-state index in [-0.39, 0.29) is 18.9 Å². The molecule has 0 aromatic heterocycles. The lowest BCUT2D eigenvalue weighted by Gasteiger charge is -2.46. The van der Waals surface area contributed by atoms with Gasteiger partial charge in [0.15, 0.2) is 12.6 Å². The molecule has 0 aliphatic carbocycles. The number of amides is 1. The van der Waals surface area contributed by atoms with Crippen LogP contribution in [0.1, 0.15) is 354 Å². The number of hydrogen-bond acceptors (Lipinski definition) is 13. The Labute approximate surface area is 617 Å². The van der Waals surface area contributed by atoms with Crippen LogP contribution in [0, 0.1) is 0 Å². The summed E-state index contributed by atoms with van der Waals surface area (Å²) in [5.74, 6) is -0.246. The van der Waals surface area contributed by atoms with Crippen LogP contribution in [0.4, 0.5) is 0 Å². The Morgan fingerprint density at radius 2 is 0.693 bits per heavy atom.